The van der Waals surface area contributed by atoms with Crippen molar-refractivity contribution in [2.24, 2.45) is 0 Å². The summed E-state index contributed by atoms with van der Waals surface area (Å²) in [5.74, 6) is -0.853. The lowest BCUT2D eigenvalue weighted by molar-refractivity contribution is -0.138. The van der Waals surface area contributed by atoms with Crippen LogP contribution < -0.4 is 5.32 Å². The largest absolute Gasteiger partial charge is 0.480 e. The van der Waals surface area contributed by atoms with Crippen molar-refractivity contribution < 1.29 is 14.7 Å². The number of carboxylic acids is 1. The standard InChI is InChI=1S/C12H17NO3S2/c1-12(2,11(15)16)18-8-10(14)13-6-5-9-4-3-7-17-9/h3-4,7H,5-6,8H2,1-2H3,(H,13,14)(H,15,16). The van der Waals surface area contributed by atoms with E-state index >= 15 is 0 Å². The highest BCUT2D eigenvalue weighted by molar-refractivity contribution is 8.01. The van der Waals surface area contributed by atoms with Crippen LogP contribution >= 0.6 is 23.1 Å². The Morgan fingerprint density at radius 1 is 1.50 bits per heavy atom. The first-order chi connectivity index (χ1) is 8.42. The van der Waals surface area contributed by atoms with Crippen molar-refractivity contribution in [3.63, 3.8) is 0 Å². The van der Waals surface area contributed by atoms with Gasteiger partial charge in [-0.3, -0.25) is 9.59 Å². The van der Waals surface area contributed by atoms with Gasteiger partial charge in [-0.25, -0.2) is 0 Å². The van der Waals surface area contributed by atoms with Crippen molar-refractivity contribution in [1.82, 2.24) is 5.32 Å². The van der Waals surface area contributed by atoms with E-state index in [9.17, 15) is 9.59 Å². The number of rotatable bonds is 7. The van der Waals surface area contributed by atoms with Gasteiger partial charge in [0.1, 0.15) is 4.75 Å². The van der Waals surface area contributed by atoms with E-state index in [1.807, 2.05) is 17.5 Å². The molecule has 4 nitrogen and oxygen atoms in total. The van der Waals surface area contributed by atoms with Gasteiger partial charge in [-0.05, 0) is 31.7 Å². The molecule has 1 aromatic heterocycles. The molecular weight excluding hydrogens is 270 g/mol. The van der Waals surface area contributed by atoms with E-state index in [1.165, 1.54) is 4.88 Å². The van der Waals surface area contributed by atoms with Gasteiger partial charge in [0.25, 0.3) is 0 Å². The third-order valence-electron chi connectivity index (χ3n) is 2.35. The molecule has 1 rings (SSSR count). The minimum atomic E-state index is -0.926. The van der Waals surface area contributed by atoms with Crippen LogP contribution in [0.25, 0.3) is 0 Å². The first kappa shape index (κ1) is 15.0. The van der Waals surface area contributed by atoms with Crippen LogP contribution in [-0.4, -0.2) is 34.0 Å². The number of hydrogen-bond acceptors (Lipinski definition) is 4. The van der Waals surface area contributed by atoms with Gasteiger partial charge in [-0.1, -0.05) is 6.07 Å². The second-order valence-electron chi connectivity index (χ2n) is 4.28. The minimum absolute atomic E-state index is 0.120. The molecule has 0 spiro atoms. The number of carbonyl (C=O) groups is 2. The molecule has 0 bridgehead atoms. The summed E-state index contributed by atoms with van der Waals surface area (Å²) in [5, 5.41) is 13.7. The Kier molecular flexibility index (Phi) is 5.68. The maximum Gasteiger partial charge on any atom is 0.319 e. The molecule has 100 valence electrons. The minimum Gasteiger partial charge on any atom is -0.480 e. The van der Waals surface area contributed by atoms with E-state index in [-0.39, 0.29) is 11.7 Å². The Morgan fingerprint density at radius 2 is 2.22 bits per heavy atom. The molecule has 2 N–H and O–H groups in total. The molecule has 18 heavy (non-hydrogen) atoms. The van der Waals surface area contributed by atoms with Crippen LogP contribution in [0.3, 0.4) is 0 Å². The highest BCUT2D eigenvalue weighted by Crippen LogP contribution is 2.23. The predicted octanol–water partition coefficient (Wildman–Crippen LogP) is 2.00. The quantitative estimate of drug-likeness (QED) is 0.805. The van der Waals surface area contributed by atoms with E-state index in [0.717, 1.165) is 18.2 Å². The maximum absolute atomic E-state index is 11.5. The zero-order valence-corrected chi connectivity index (χ0v) is 12.1. The fraction of sp³-hybridized carbons (Fsp3) is 0.500. The summed E-state index contributed by atoms with van der Waals surface area (Å²) in [6.45, 7) is 3.78. The topological polar surface area (TPSA) is 66.4 Å². The second kappa shape index (κ2) is 6.80. The molecular formula is C12H17NO3S2. The number of aliphatic carboxylic acids is 1. The molecule has 1 amide bonds. The lowest BCUT2D eigenvalue weighted by Crippen LogP contribution is -2.32. The van der Waals surface area contributed by atoms with Gasteiger partial charge in [0, 0.05) is 11.4 Å². The van der Waals surface area contributed by atoms with E-state index < -0.39 is 10.7 Å². The molecule has 1 heterocycles. The number of carbonyl (C=O) groups excluding carboxylic acids is 1. The van der Waals surface area contributed by atoms with Crippen LogP contribution in [0.5, 0.6) is 0 Å². The molecule has 0 unspecified atom stereocenters. The van der Waals surface area contributed by atoms with Crippen molar-refractivity contribution in [2.45, 2.75) is 25.0 Å². The van der Waals surface area contributed by atoms with Crippen LogP contribution in [-0.2, 0) is 16.0 Å². The van der Waals surface area contributed by atoms with Crippen LogP contribution in [0, 0.1) is 0 Å². The smallest absolute Gasteiger partial charge is 0.319 e. The molecule has 0 aromatic carbocycles. The van der Waals surface area contributed by atoms with Crippen LogP contribution in [0.4, 0.5) is 0 Å². The molecule has 0 aliphatic carbocycles. The van der Waals surface area contributed by atoms with Gasteiger partial charge >= 0.3 is 5.97 Å². The molecule has 6 heteroatoms. The number of nitrogens with one attached hydrogen (secondary N) is 1. The summed E-state index contributed by atoms with van der Waals surface area (Å²) >= 11 is 2.80. The summed E-state index contributed by atoms with van der Waals surface area (Å²) in [4.78, 5) is 23.6. The number of hydrogen-bond donors (Lipinski definition) is 2. The van der Waals surface area contributed by atoms with Gasteiger partial charge in [-0.15, -0.1) is 23.1 Å². The zero-order chi connectivity index (χ0) is 13.6. The lowest BCUT2D eigenvalue weighted by atomic mass is 10.2. The first-order valence-electron chi connectivity index (χ1n) is 5.58. The second-order valence-corrected chi connectivity index (χ2v) is 6.91. The monoisotopic (exact) mass is 287 g/mol. The van der Waals surface area contributed by atoms with E-state index in [1.54, 1.807) is 25.2 Å². The summed E-state index contributed by atoms with van der Waals surface area (Å²) < 4.78 is -0.926. The maximum atomic E-state index is 11.5. The fourth-order valence-corrected chi connectivity index (χ4v) is 2.57. The van der Waals surface area contributed by atoms with E-state index in [2.05, 4.69) is 5.32 Å². The van der Waals surface area contributed by atoms with Gasteiger partial charge < -0.3 is 10.4 Å². The number of amides is 1. The molecule has 0 fully saturated rings. The SMILES string of the molecule is CC(C)(SCC(=O)NCCc1cccs1)C(=O)O. The average Bonchev–Trinajstić information content (AvgIpc) is 2.79. The Morgan fingerprint density at radius 3 is 2.78 bits per heavy atom. The zero-order valence-electron chi connectivity index (χ0n) is 10.4. The first-order valence-corrected chi connectivity index (χ1v) is 7.45. The van der Waals surface area contributed by atoms with Crippen molar-refractivity contribution in [2.75, 3.05) is 12.3 Å². The number of carboxylic acid groups (broad SMARTS) is 1. The number of thiophene rings is 1. The highest BCUT2D eigenvalue weighted by Gasteiger charge is 2.28. The average molecular weight is 287 g/mol. The van der Waals surface area contributed by atoms with Crippen LogP contribution in [0.15, 0.2) is 17.5 Å². The van der Waals surface area contributed by atoms with Crippen LogP contribution in [0.1, 0.15) is 18.7 Å². The molecule has 0 radical (unpaired) electrons. The number of thioether (sulfide) groups is 1. The molecule has 0 saturated carbocycles. The van der Waals surface area contributed by atoms with Crippen molar-refractivity contribution >= 4 is 35.0 Å². The van der Waals surface area contributed by atoms with Crippen molar-refractivity contribution in [3.05, 3.63) is 22.4 Å². The van der Waals surface area contributed by atoms with Gasteiger partial charge in [-0.2, -0.15) is 0 Å². The summed E-state index contributed by atoms with van der Waals surface area (Å²) in [6.07, 6.45) is 0.816. The predicted molar refractivity (Wildman–Crippen MR) is 75.2 cm³/mol. The Bertz CT molecular complexity index is 401. The molecule has 0 aliphatic rings. The highest BCUT2D eigenvalue weighted by atomic mass is 32.2. The lowest BCUT2D eigenvalue weighted by Gasteiger charge is -2.17. The fourth-order valence-electron chi connectivity index (χ4n) is 1.14. The van der Waals surface area contributed by atoms with Gasteiger partial charge in [0.05, 0.1) is 5.75 Å². The molecule has 0 saturated heterocycles. The van der Waals surface area contributed by atoms with Crippen molar-refractivity contribution in [1.29, 1.82) is 0 Å². The molecule has 1 aromatic rings. The summed E-state index contributed by atoms with van der Waals surface area (Å²) in [6, 6.07) is 4.01. The Hall–Kier alpha value is -1.01. The van der Waals surface area contributed by atoms with E-state index in [0.29, 0.717) is 6.54 Å². The van der Waals surface area contributed by atoms with Crippen molar-refractivity contribution in [3.8, 4) is 0 Å². The third kappa shape index (κ3) is 5.10. The molecule has 0 atom stereocenters. The van der Waals surface area contributed by atoms with Gasteiger partial charge in [0.2, 0.25) is 5.91 Å². The third-order valence-corrected chi connectivity index (χ3v) is 4.59. The Labute approximate surface area is 115 Å². The normalized spacial score (nSPS) is 11.2. The van der Waals surface area contributed by atoms with E-state index in [4.69, 9.17) is 5.11 Å². The Balaban J connectivity index is 2.20. The van der Waals surface area contributed by atoms with Gasteiger partial charge in [0.15, 0.2) is 0 Å². The molecule has 0 aliphatic heterocycles. The van der Waals surface area contributed by atoms with Crippen LogP contribution in [0.2, 0.25) is 0 Å². The summed E-state index contributed by atoms with van der Waals surface area (Å²) in [7, 11) is 0. The summed E-state index contributed by atoms with van der Waals surface area (Å²) in [5.41, 5.74) is 0.